The van der Waals surface area contributed by atoms with Crippen LogP contribution in [0.1, 0.15) is 23.0 Å². The number of anilines is 2. The molecular formula is C23H22ClN5O. The summed E-state index contributed by atoms with van der Waals surface area (Å²) in [4.78, 5) is 21.1. The van der Waals surface area contributed by atoms with Gasteiger partial charge in [-0.2, -0.15) is 5.10 Å². The summed E-state index contributed by atoms with van der Waals surface area (Å²) in [5.41, 5.74) is 4.38. The number of hydrogen-bond acceptors (Lipinski definition) is 5. The average Bonchev–Trinajstić information content (AvgIpc) is 3.07. The van der Waals surface area contributed by atoms with Crippen molar-refractivity contribution in [1.29, 1.82) is 0 Å². The number of aryl methyl sites for hydroxylation is 1. The van der Waals surface area contributed by atoms with E-state index in [0.717, 1.165) is 59.8 Å². The van der Waals surface area contributed by atoms with Crippen LogP contribution in [0.3, 0.4) is 0 Å². The van der Waals surface area contributed by atoms with Crippen LogP contribution in [-0.2, 0) is 0 Å². The molecule has 0 bridgehead atoms. The highest BCUT2D eigenvalue weighted by atomic mass is 35.5. The van der Waals surface area contributed by atoms with Gasteiger partial charge in [-0.25, -0.2) is 9.50 Å². The largest absolute Gasteiger partial charge is 0.368 e. The van der Waals surface area contributed by atoms with Gasteiger partial charge in [0.15, 0.2) is 11.4 Å². The number of piperazine rings is 1. The summed E-state index contributed by atoms with van der Waals surface area (Å²) in [5.74, 6) is 1.04. The first-order valence-electron chi connectivity index (χ1n) is 10.1. The summed E-state index contributed by atoms with van der Waals surface area (Å²) in [7, 11) is 0. The summed E-state index contributed by atoms with van der Waals surface area (Å²) in [6.07, 6.45) is 0. The summed E-state index contributed by atoms with van der Waals surface area (Å²) in [6, 6.07) is 16.1. The third kappa shape index (κ3) is 3.08. The minimum atomic E-state index is 0.0912. The van der Waals surface area contributed by atoms with Crippen LogP contribution in [0.4, 0.5) is 11.5 Å². The number of para-hydroxylation sites is 1. The molecule has 1 fully saturated rings. The number of Topliss-reactive ketones (excluding diaryl/α,β-unsaturated/α-hetero) is 1. The number of nitrogens with zero attached hydrogens (tertiary/aromatic N) is 5. The second kappa shape index (κ2) is 7.29. The van der Waals surface area contributed by atoms with Gasteiger partial charge in [-0.1, -0.05) is 23.7 Å². The van der Waals surface area contributed by atoms with Crippen LogP contribution < -0.4 is 9.80 Å². The fourth-order valence-electron chi connectivity index (χ4n) is 4.09. The Labute approximate surface area is 179 Å². The van der Waals surface area contributed by atoms with Crippen LogP contribution in [0.5, 0.6) is 0 Å². The Morgan fingerprint density at radius 3 is 2.33 bits per heavy atom. The summed E-state index contributed by atoms with van der Waals surface area (Å²) < 4.78 is 1.84. The van der Waals surface area contributed by atoms with Crippen LogP contribution in [0.2, 0.25) is 5.02 Å². The maximum absolute atomic E-state index is 11.5. The van der Waals surface area contributed by atoms with Crippen molar-refractivity contribution in [2.24, 2.45) is 0 Å². The molecule has 3 heterocycles. The van der Waals surface area contributed by atoms with E-state index in [2.05, 4.69) is 27.0 Å². The van der Waals surface area contributed by atoms with Gasteiger partial charge in [0.25, 0.3) is 0 Å². The SMILES string of the molecule is CC(=O)c1ccc(N2CCN(c3nc4c(Cl)c(C)nn4c4ccccc34)CC2)cc1. The number of rotatable bonds is 3. The van der Waals surface area contributed by atoms with Crippen molar-refractivity contribution in [2.75, 3.05) is 36.0 Å². The molecule has 0 N–H and O–H groups in total. The molecule has 1 saturated heterocycles. The number of carbonyl (C=O) groups is 1. The Bertz CT molecular complexity index is 1260. The smallest absolute Gasteiger partial charge is 0.176 e. The van der Waals surface area contributed by atoms with Crippen LogP contribution in [-0.4, -0.2) is 46.6 Å². The van der Waals surface area contributed by atoms with E-state index in [1.54, 1.807) is 6.92 Å². The first kappa shape index (κ1) is 18.9. The van der Waals surface area contributed by atoms with Crippen molar-refractivity contribution in [3.8, 4) is 0 Å². The molecular weight excluding hydrogens is 398 g/mol. The first-order valence-corrected chi connectivity index (χ1v) is 10.4. The van der Waals surface area contributed by atoms with Crippen molar-refractivity contribution in [3.05, 3.63) is 64.8 Å². The number of aromatic nitrogens is 3. The van der Waals surface area contributed by atoms with Crippen molar-refractivity contribution in [1.82, 2.24) is 14.6 Å². The average molecular weight is 420 g/mol. The van der Waals surface area contributed by atoms with E-state index >= 15 is 0 Å². The molecule has 7 heteroatoms. The zero-order valence-corrected chi connectivity index (χ0v) is 17.7. The predicted molar refractivity (Wildman–Crippen MR) is 121 cm³/mol. The molecule has 0 radical (unpaired) electrons. The molecule has 2 aromatic heterocycles. The van der Waals surface area contributed by atoms with Gasteiger partial charge < -0.3 is 9.80 Å². The van der Waals surface area contributed by atoms with E-state index in [9.17, 15) is 4.79 Å². The molecule has 1 aliphatic heterocycles. The standard InChI is InChI=1S/C23H22ClN5O/c1-15-21(24)23-25-22(19-5-3-4-6-20(19)29(23)26-15)28-13-11-27(12-14-28)18-9-7-17(8-10-18)16(2)30/h3-10H,11-14H2,1-2H3. The van der Waals surface area contributed by atoms with E-state index in [1.165, 1.54) is 0 Å². The summed E-state index contributed by atoms with van der Waals surface area (Å²) in [6.45, 7) is 6.97. The van der Waals surface area contributed by atoms with Crippen LogP contribution in [0.15, 0.2) is 48.5 Å². The third-order valence-corrected chi connectivity index (χ3v) is 6.21. The quantitative estimate of drug-likeness (QED) is 0.461. The minimum absolute atomic E-state index is 0.0912. The zero-order valence-electron chi connectivity index (χ0n) is 17.0. The second-order valence-corrected chi connectivity index (χ2v) is 8.04. The number of fused-ring (bicyclic) bond motifs is 3. The molecule has 5 rings (SSSR count). The minimum Gasteiger partial charge on any atom is -0.368 e. The molecule has 152 valence electrons. The number of carbonyl (C=O) groups excluding carboxylic acids is 1. The lowest BCUT2D eigenvalue weighted by Gasteiger charge is -2.37. The van der Waals surface area contributed by atoms with Crippen molar-refractivity contribution < 1.29 is 4.79 Å². The van der Waals surface area contributed by atoms with Gasteiger partial charge in [0.2, 0.25) is 0 Å². The Hall–Kier alpha value is -3.12. The fourth-order valence-corrected chi connectivity index (χ4v) is 4.25. The monoisotopic (exact) mass is 419 g/mol. The van der Waals surface area contributed by atoms with E-state index in [-0.39, 0.29) is 5.78 Å². The van der Waals surface area contributed by atoms with Crippen LogP contribution in [0, 0.1) is 6.92 Å². The first-order chi connectivity index (χ1) is 14.5. The highest BCUT2D eigenvalue weighted by molar-refractivity contribution is 6.34. The van der Waals surface area contributed by atoms with Gasteiger partial charge in [0, 0.05) is 42.8 Å². The second-order valence-electron chi connectivity index (χ2n) is 7.66. The van der Waals surface area contributed by atoms with E-state index in [4.69, 9.17) is 16.6 Å². The molecule has 4 aromatic rings. The number of ketones is 1. The number of hydrogen-bond donors (Lipinski definition) is 0. The number of benzene rings is 2. The Balaban J connectivity index is 1.45. The lowest BCUT2D eigenvalue weighted by molar-refractivity contribution is 0.101. The van der Waals surface area contributed by atoms with Gasteiger partial charge in [0.05, 0.1) is 11.2 Å². The maximum Gasteiger partial charge on any atom is 0.176 e. The molecule has 30 heavy (non-hydrogen) atoms. The lowest BCUT2D eigenvalue weighted by Crippen LogP contribution is -2.47. The summed E-state index contributed by atoms with van der Waals surface area (Å²) in [5, 5.41) is 6.25. The molecule has 0 aliphatic carbocycles. The molecule has 6 nitrogen and oxygen atoms in total. The highest BCUT2D eigenvalue weighted by Gasteiger charge is 2.22. The maximum atomic E-state index is 11.5. The molecule has 1 aliphatic rings. The van der Waals surface area contributed by atoms with E-state index < -0.39 is 0 Å². The Morgan fingerprint density at radius 1 is 0.967 bits per heavy atom. The molecule has 0 atom stereocenters. The molecule has 0 saturated carbocycles. The molecule has 0 spiro atoms. The zero-order chi connectivity index (χ0) is 20.8. The lowest BCUT2D eigenvalue weighted by atomic mass is 10.1. The molecule has 0 unspecified atom stereocenters. The van der Waals surface area contributed by atoms with Gasteiger partial charge in [-0.15, -0.1) is 0 Å². The van der Waals surface area contributed by atoms with E-state index in [0.29, 0.717) is 10.7 Å². The van der Waals surface area contributed by atoms with Crippen LogP contribution in [0.25, 0.3) is 16.6 Å². The summed E-state index contributed by atoms with van der Waals surface area (Å²) >= 11 is 6.49. The topological polar surface area (TPSA) is 53.7 Å². The predicted octanol–water partition coefficient (Wildman–Crippen LogP) is 4.37. The van der Waals surface area contributed by atoms with Crippen molar-refractivity contribution in [3.63, 3.8) is 0 Å². The molecule has 0 amide bonds. The fraction of sp³-hybridized carbons (Fsp3) is 0.261. The third-order valence-electron chi connectivity index (χ3n) is 5.77. The van der Waals surface area contributed by atoms with Gasteiger partial charge in [-0.05, 0) is 50.2 Å². The van der Waals surface area contributed by atoms with Crippen molar-refractivity contribution in [2.45, 2.75) is 13.8 Å². The van der Waals surface area contributed by atoms with Crippen molar-refractivity contribution >= 4 is 45.4 Å². The van der Waals surface area contributed by atoms with Gasteiger partial charge in [0.1, 0.15) is 10.8 Å². The highest BCUT2D eigenvalue weighted by Crippen LogP contribution is 2.31. The Morgan fingerprint density at radius 2 is 1.63 bits per heavy atom. The Kier molecular flexibility index (Phi) is 4.59. The van der Waals surface area contributed by atoms with Gasteiger partial charge >= 0.3 is 0 Å². The molecule has 2 aromatic carbocycles. The van der Waals surface area contributed by atoms with E-state index in [1.807, 2.05) is 47.8 Å². The van der Waals surface area contributed by atoms with Crippen LogP contribution >= 0.6 is 11.6 Å². The normalized spacial score (nSPS) is 14.6. The van der Waals surface area contributed by atoms with Gasteiger partial charge in [-0.3, -0.25) is 4.79 Å². The number of halogens is 1.